The molecular weight excluding hydrogens is 186 g/mol. The molecule has 1 N–H and O–H groups in total. The van der Waals surface area contributed by atoms with Crippen LogP contribution in [0.15, 0.2) is 18.2 Å². The number of hydrogen-bond donors (Lipinski definition) is 1. The fourth-order valence-corrected chi connectivity index (χ4v) is 1.90. The number of fused-ring (bicyclic) bond motifs is 1. The Balaban J connectivity index is 1.92. The van der Waals surface area contributed by atoms with E-state index in [0.717, 1.165) is 31.7 Å². The molecule has 1 heterocycles. The Labute approximate surface area is 91.6 Å². The Kier molecular flexibility index (Phi) is 3.27. The number of rotatable bonds is 4. The minimum absolute atomic E-state index is 0.572. The van der Waals surface area contributed by atoms with Gasteiger partial charge in [-0.2, -0.15) is 0 Å². The van der Waals surface area contributed by atoms with Crippen molar-refractivity contribution in [3.8, 4) is 5.75 Å². The largest absolute Gasteiger partial charge is 0.493 e. The Morgan fingerprint density at radius 2 is 2.27 bits per heavy atom. The second kappa shape index (κ2) is 4.67. The van der Waals surface area contributed by atoms with Crippen LogP contribution in [0.1, 0.15) is 25.0 Å². The number of benzene rings is 1. The fourth-order valence-electron chi connectivity index (χ4n) is 1.90. The third-order valence-electron chi connectivity index (χ3n) is 2.72. The van der Waals surface area contributed by atoms with E-state index in [-0.39, 0.29) is 0 Å². The topological polar surface area (TPSA) is 21.3 Å². The van der Waals surface area contributed by atoms with Gasteiger partial charge in [0.05, 0.1) is 6.61 Å². The lowest BCUT2D eigenvalue weighted by Gasteiger charge is -2.08. The van der Waals surface area contributed by atoms with Gasteiger partial charge in [-0.25, -0.2) is 0 Å². The zero-order valence-electron chi connectivity index (χ0n) is 9.55. The standard InChI is InChI=1S/C13H19NO/c1-10(2)14-7-5-11-3-4-13-12(9-11)6-8-15-13/h3-4,9-10,14H,5-8H2,1-2H3. The summed E-state index contributed by atoms with van der Waals surface area (Å²) in [5, 5.41) is 3.43. The molecule has 0 aromatic heterocycles. The predicted octanol–water partition coefficient (Wildman–Crippen LogP) is 2.16. The highest BCUT2D eigenvalue weighted by Gasteiger charge is 2.11. The van der Waals surface area contributed by atoms with Gasteiger partial charge in [0.25, 0.3) is 0 Å². The summed E-state index contributed by atoms with van der Waals surface area (Å²) in [5.74, 6) is 1.08. The second-order valence-electron chi connectivity index (χ2n) is 4.40. The molecule has 15 heavy (non-hydrogen) atoms. The molecule has 0 spiro atoms. The first-order valence-corrected chi connectivity index (χ1v) is 5.73. The molecule has 2 heteroatoms. The Hall–Kier alpha value is -1.02. The minimum atomic E-state index is 0.572. The van der Waals surface area contributed by atoms with Crippen molar-refractivity contribution in [3.63, 3.8) is 0 Å². The van der Waals surface area contributed by atoms with Crippen LogP contribution < -0.4 is 10.1 Å². The molecule has 82 valence electrons. The van der Waals surface area contributed by atoms with Gasteiger partial charge in [0.2, 0.25) is 0 Å². The van der Waals surface area contributed by atoms with Gasteiger partial charge in [-0.15, -0.1) is 0 Å². The van der Waals surface area contributed by atoms with Crippen LogP contribution in [0.5, 0.6) is 5.75 Å². The van der Waals surface area contributed by atoms with Crippen molar-refractivity contribution in [2.45, 2.75) is 32.7 Å². The maximum Gasteiger partial charge on any atom is 0.122 e. The third kappa shape index (κ3) is 2.72. The van der Waals surface area contributed by atoms with Crippen LogP contribution in [0.25, 0.3) is 0 Å². The SMILES string of the molecule is CC(C)NCCc1ccc2c(c1)CCO2. The smallest absolute Gasteiger partial charge is 0.122 e. The maximum atomic E-state index is 5.48. The molecule has 0 amide bonds. The average molecular weight is 205 g/mol. The highest BCUT2D eigenvalue weighted by molar-refractivity contribution is 5.39. The molecule has 0 fully saturated rings. The van der Waals surface area contributed by atoms with Gasteiger partial charge >= 0.3 is 0 Å². The Morgan fingerprint density at radius 3 is 3.07 bits per heavy atom. The maximum absolute atomic E-state index is 5.48. The van der Waals surface area contributed by atoms with Crippen LogP contribution in [-0.2, 0) is 12.8 Å². The van der Waals surface area contributed by atoms with Crippen LogP contribution in [0, 0.1) is 0 Å². The molecule has 0 atom stereocenters. The first-order chi connectivity index (χ1) is 7.25. The summed E-state index contributed by atoms with van der Waals surface area (Å²) in [6, 6.07) is 7.13. The van der Waals surface area contributed by atoms with Gasteiger partial charge in [0, 0.05) is 12.5 Å². The van der Waals surface area contributed by atoms with E-state index in [1.807, 2.05) is 0 Å². The van der Waals surface area contributed by atoms with E-state index in [4.69, 9.17) is 4.74 Å². The molecule has 1 aromatic rings. The summed E-state index contributed by atoms with van der Waals surface area (Å²) < 4.78 is 5.48. The van der Waals surface area contributed by atoms with Crippen LogP contribution in [-0.4, -0.2) is 19.2 Å². The summed E-state index contributed by atoms with van der Waals surface area (Å²) in [6.07, 6.45) is 2.17. The second-order valence-corrected chi connectivity index (χ2v) is 4.40. The van der Waals surface area contributed by atoms with Gasteiger partial charge in [-0.05, 0) is 30.2 Å². The normalized spacial score (nSPS) is 14.1. The quantitative estimate of drug-likeness (QED) is 0.813. The zero-order valence-corrected chi connectivity index (χ0v) is 9.55. The van der Waals surface area contributed by atoms with Gasteiger partial charge in [0.1, 0.15) is 5.75 Å². The molecule has 0 bridgehead atoms. The molecular formula is C13H19NO. The summed E-state index contributed by atoms with van der Waals surface area (Å²) in [6.45, 7) is 6.26. The molecule has 1 aliphatic rings. The van der Waals surface area contributed by atoms with Crippen molar-refractivity contribution < 1.29 is 4.74 Å². The van der Waals surface area contributed by atoms with Crippen molar-refractivity contribution >= 4 is 0 Å². The van der Waals surface area contributed by atoms with Gasteiger partial charge in [0.15, 0.2) is 0 Å². The van der Waals surface area contributed by atoms with E-state index in [9.17, 15) is 0 Å². The molecule has 0 saturated heterocycles. The van der Waals surface area contributed by atoms with Crippen molar-refractivity contribution in [2.75, 3.05) is 13.2 Å². The van der Waals surface area contributed by atoms with Crippen molar-refractivity contribution in [3.05, 3.63) is 29.3 Å². The van der Waals surface area contributed by atoms with E-state index in [1.165, 1.54) is 11.1 Å². The lowest BCUT2D eigenvalue weighted by Crippen LogP contribution is -2.24. The number of ether oxygens (including phenoxy) is 1. The molecule has 2 nitrogen and oxygen atoms in total. The van der Waals surface area contributed by atoms with Gasteiger partial charge < -0.3 is 10.1 Å². The Morgan fingerprint density at radius 1 is 1.40 bits per heavy atom. The molecule has 0 radical (unpaired) electrons. The minimum Gasteiger partial charge on any atom is -0.493 e. The lowest BCUT2D eigenvalue weighted by atomic mass is 10.1. The van der Waals surface area contributed by atoms with Crippen molar-refractivity contribution in [2.24, 2.45) is 0 Å². The first kappa shape index (κ1) is 10.5. The van der Waals surface area contributed by atoms with E-state index in [0.29, 0.717) is 6.04 Å². The average Bonchev–Trinajstić information content (AvgIpc) is 2.64. The summed E-state index contributed by atoms with van der Waals surface area (Å²) in [5.41, 5.74) is 2.78. The molecule has 0 unspecified atom stereocenters. The summed E-state index contributed by atoms with van der Waals surface area (Å²) in [4.78, 5) is 0. The monoisotopic (exact) mass is 205 g/mol. The fraction of sp³-hybridized carbons (Fsp3) is 0.538. The lowest BCUT2D eigenvalue weighted by molar-refractivity contribution is 0.357. The predicted molar refractivity (Wildman–Crippen MR) is 62.5 cm³/mol. The van der Waals surface area contributed by atoms with Crippen LogP contribution in [0.3, 0.4) is 0 Å². The van der Waals surface area contributed by atoms with Crippen molar-refractivity contribution in [1.29, 1.82) is 0 Å². The van der Waals surface area contributed by atoms with E-state index in [2.05, 4.69) is 37.4 Å². The zero-order chi connectivity index (χ0) is 10.7. The third-order valence-corrected chi connectivity index (χ3v) is 2.72. The van der Waals surface area contributed by atoms with Crippen molar-refractivity contribution in [1.82, 2.24) is 5.32 Å². The van der Waals surface area contributed by atoms with Gasteiger partial charge in [-0.3, -0.25) is 0 Å². The first-order valence-electron chi connectivity index (χ1n) is 5.73. The summed E-state index contributed by atoms with van der Waals surface area (Å²) >= 11 is 0. The van der Waals surface area contributed by atoms with E-state index < -0.39 is 0 Å². The molecule has 0 saturated carbocycles. The molecule has 0 aliphatic carbocycles. The van der Waals surface area contributed by atoms with Gasteiger partial charge in [-0.1, -0.05) is 26.0 Å². The highest BCUT2D eigenvalue weighted by Crippen LogP contribution is 2.25. The van der Waals surface area contributed by atoms with Crippen LogP contribution in [0.2, 0.25) is 0 Å². The Bertz CT molecular complexity index is 333. The van der Waals surface area contributed by atoms with E-state index >= 15 is 0 Å². The number of hydrogen-bond acceptors (Lipinski definition) is 2. The summed E-state index contributed by atoms with van der Waals surface area (Å²) in [7, 11) is 0. The highest BCUT2D eigenvalue weighted by atomic mass is 16.5. The van der Waals surface area contributed by atoms with Crippen LogP contribution >= 0.6 is 0 Å². The molecule has 1 aliphatic heterocycles. The van der Waals surface area contributed by atoms with Crippen LogP contribution in [0.4, 0.5) is 0 Å². The number of nitrogens with one attached hydrogen (secondary N) is 1. The molecule has 2 rings (SSSR count). The molecule has 1 aromatic carbocycles. The van der Waals surface area contributed by atoms with E-state index in [1.54, 1.807) is 0 Å².